The molecule has 23 heavy (non-hydrogen) atoms. The molecule has 3 aliphatic carbocycles. The molecule has 1 unspecified atom stereocenters. The molecule has 130 valence electrons. The second kappa shape index (κ2) is 5.36. The molecule has 0 aliphatic heterocycles. The van der Waals surface area contributed by atoms with Crippen LogP contribution in [0.5, 0.6) is 0 Å². The van der Waals surface area contributed by atoms with E-state index >= 15 is 0 Å². The van der Waals surface area contributed by atoms with Crippen molar-refractivity contribution in [1.82, 2.24) is 0 Å². The fraction of sp³-hybridized carbons (Fsp3) is 0.857. The van der Waals surface area contributed by atoms with Gasteiger partial charge in [-0.15, -0.1) is 0 Å². The van der Waals surface area contributed by atoms with Crippen molar-refractivity contribution in [3.05, 3.63) is 11.6 Å². The maximum Gasteiger partial charge on any atom is 0.313 e. The van der Waals surface area contributed by atoms with Crippen molar-refractivity contribution in [2.24, 2.45) is 34.0 Å². The van der Waals surface area contributed by atoms with Gasteiger partial charge in [-0.05, 0) is 67.1 Å². The van der Waals surface area contributed by atoms with E-state index in [-0.39, 0.29) is 17.3 Å². The summed E-state index contributed by atoms with van der Waals surface area (Å²) in [5.74, 6) is 1.31. The highest BCUT2D eigenvalue weighted by Gasteiger charge is 2.61. The molecule has 0 aromatic rings. The molecule has 0 N–H and O–H groups in total. The zero-order chi connectivity index (χ0) is 17.0. The van der Waals surface area contributed by atoms with E-state index in [0.717, 1.165) is 18.8 Å². The molecule has 0 radical (unpaired) electrons. The molecule has 0 aromatic carbocycles. The van der Waals surface area contributed by atoms with Crippen molar-refractivity contribution < 1.29 is 9.53 Å². The lowest BCUT2D eigenvalue weighted by atomic mass is 9.40. The first kappa shape index (κ1) is 17.0. The molecule has 3 rings (SSSR count). The van der Waals surface area contributed by atoms with E-state index in [1.54, 1.807) is 7.11 Å². The minimum Gasteiger partial charge on any atom is -0.469 e. The first-order valence-electron chi connectivity index (χ1n) is 9.41. The Kier molecular flexibility index (Phi) is 3.97. The fourth-order valence-corrected chi connectivity index (χ4v) is 7.09. The van der Waals surface area contributed by atoms with Crippen molar-refractivity contribution >= 4 is 5.97 Å². The third-order valence-electron chi connectivity index (χ3n) is 8.07. The molecule has 2 nitrogen and oxygen atoms in total. The lowest BCUT2D eigenvalue weighted by Crippen LogP contribution is -2.58. The molecule has 2 fully saturated rings. The van der Waals surface area contributed by atoms with Crippen LogP contribution in [-0.4, -0.2) is 13.1 Å². The molecule has 5 atom stereocenters. The molecule has 0 saturated heterocycles. The summed E-state index contributed by atoms with van der Waals surface area (Å²) in [6.07, 6.45) is 9.90. The predicted molar refractivity (Wildman–Crippen MR) is 93.9 cm³/mol. The molecule has 2 heteroatoms. The van der Waals surface area contributed by atoms with Crippen LogP contribution >= 0.6 is 0 Å². The van der Waals surface area contributed by atoms with Crippen LogP contribution in [0.25, 0.3) is 0 Å². The van der Waals surface area contributed by atoms with E-state index in [1.807, 2.05) is 0 Å². The number of ether oxygens (including phenoxy) is 1. The third kappa shape index (κ3) is 2.31. The van der Waals surface area contributed by atoms with Crippen LogP contribution in [0.2, 0.25) is 0 Å². The molecule has 0 bridgehead atoms. The standard InChI is InChI=1S/C21H34O2/c1-14-8-9-16-20(4)12-7-11-19(2,3)15(20)10-13-21(16,5)17(14)18(22)23-6/h8,15-17H,7,9-13H2,1-6H3/t15-,16+,17?,20-,21+/m0/s1. The number of methoxy groups -OCH3 is 1. The summed E-state index contributed by atoms with van der Waals surface area (Å²) in [7, 11) is 1.54. The summed E-state index contributed by atoms with van der Waals surface area (Å²) in [5, 5.41) is 0. The van der Waals surface area contributed by atoms with Crippen molar-refractivity contribution in [2.45, 2.75) is 73.1 Å². The highest BCUT2D eigenvalue weighted by atomic mass is 16.5. The average molecular weight is 319 g/mol. The van der Waals surface area contributed by atoms with Crippen molar-refractivity contribution in [1.29, 1.82) is 0 Å². The fourth-order valence-electron chi connectivity index (χ4n) is 7.09. The van der Waals surface area contributed by atoms with E-state index in [9.17, 15) is 4.79 Å². The van der Waals surface area contributed by atoms with Gasteiger partial charge in [0.25, 0.3) is 0 Å². The Labute approximate surface area is 142 Å². The van der Waals surface area contributed by atoms with Crippen LogP contribution in [0.15, 0.2) is 11.6 Å². The first-order valence-corrected chi connectivity index (χ1v) is 9.41. The van der Waals surface area contributed by atoms with Crippen LogP contribution < -0.4 is 0 Å². The van der Waals surface area contributed by atoms with Crippen LogP contribution in [-0.2, 0) is 9.53 Å². The summed E-state index contributed by atoms with van der Waals surface area (Å²) in [6, 6.07) is 0. The number of hydrogen-bond acceptors (Lipinski definition) is 2. The van der Waals surface area contributed by atoms with Gasteiger partial charge < -0.3 is 4.74 Å². The van der Waals surface area contributed by atoms with Crippen molar-refractivity contribution in [2.75, 3.05) is 7.11 Å². The van der Waals surface area contributed by atoms with Gasteiger partial charge in [0, 0.05) is 0 Å². The van der Waals surface area contributed by atoms with Crippen molar-refractivity contribution in [3.8, 4) is 0 Å². The van der Waals surface area contributed by atoms with Gasteiger partial charge in [0.05, 0.1) is 13.0 Å². The topological polar surface area (TPSA) is 26.3 Å². The first-order chi connectivity index (χ1) is 10.7. The second-order valence-corrected chi connectivity index (χ2v) is 9.64. The summed E-state index contributed by atoms with van der Waals surface area (Å²) >= 11 is 0. The van der Waals surface area contributed by atoms with Gasteiger partial charge in [0.15, 0.2) is 0 Å². The summed E-state index contributed by atoms with van der Waals surface area (Å²) in [4.78, 5) is 12.6. The lowest BCUT2D eigenvalue weighted by molar-refractivity contribution is -0.169. The van der Waals surface area contributed by atoms with Gasteiger partial charge in [-0.1, -0.05) is 45.8 Å². The Bertz CT molecular complexity index is 532. The van der Waals surface area contributed by atoms with E-state index in [4.69, 9.17) is 4.74 Å². The van der Waals surface area contributed by atoms with Crippen LogP contribution in [0.3, 0.4) is 0 Å². The largest absolute Gasteiger partial charge is 0.469 e. The number of hydrogen-bond donors (Lipinski definition) is 0. The van der Waals surface area contributed by atoms with Crippen molar-refractivity contribution in [3.63, 3.8) is 0 Å². The maximum absolute atomic E-state index is 12.6. The lowest BCUT2D eigenvalue weighted by Gasteiger charge is -2.64. The Morgan fingerprint density at radius 3 is 2.43 bits per heavy atom. The normalized spacial score (nSPS) is 45.5. The minimum absolute atomic E-state index is 0.0249. The van der Waals surface area contributed by atoms with Crippen LogP contribution in [0.4, 0.5) is 0 Å². The SMILES string of the molecule is COC(=O)C1C(C)=CC[C@@H]2[C@@]3(C)CCCC(C)(C)[C@@H]3CC[C@@]12C. The quantitative estimate of drug-likeness (QED) is 0.479. The third-order valence-corrected chi connectivity index (χ3v) is 8.07. The Balaban J connectivity index is 2.05. The number of rotatable bonds is 1. The summed E-state index contributed by atoms with van der Waals surface area (Å²) in [6.45, 7) is 12.0. The van der Waals surface area contributed by atoms with Crippen LogP contribution in [0.1, 0.15) is 73.1 Å². The monoisotopic (exact) mass is 318 g/mol. The maximum atomic E-state index is 12.6. The van der Waals surface area contributed by atoms with Gasteiger partial charge in [0.2, 0.25) is 0 Å². The highest BCUT2D eigenvalue weighted by molar-refractivity contribution is 5.77. The minimum atomic E-state index is -0.0472. The number of esters is 1. The Morgan fingerprint density at radius 2 is 1.78 bits per heavy atom. The molecule has 0 aromatic heterocycles. The molecular weight excluding hydrogens is 284 g/mol. The summed E-state index contributed by atoms with van der Waals surface area (Å²) in [5.41, 5.74) is 2.08. The number of carbonyl (C=O) groups excluding carboxylic acids is 1. The molecule has 2 saturated carbocycles. The molecule has 3 aliphatic rings. The number of fused-ring (bicyclic) bond motifs is 3. The molecule has 0 spiro atoms. The number of allylic oxidation sites excluding steroid dienone is 1. The predicted octanol–water partition coefficient (Wildman–Crippen LogP) is 5.37. The van der Waals surface area contributed by atoms with E-state index in [2.05, 4.69) is 40.7 Å². The number of carbonyl (C=O) groups is 1. The molecule has 0 heterocycles. The second-order valence-electron chi connectivity index (χ2n) is 9.64. The highest BCUT2D eigenvalue weighted by Crippen LogP contribution is 2.68. The zero-order valence-electron chi connectivity index (χ0n) is 15.9. The zero-order valence-corrected chi connectivity index (χ0v) is 15.9. The Hall–Kier alpha value is -0.790. The van der Waals surface area contributed by atoms with Gasteiger partial charge in [0.1, 0.15) is 0 Å². The molecular formula is C21H34O2. The molecule has 0 amide bonds. The smallest absolute Gasteiger partial charge is 0.313 e. The van der Waals surface area contributed by atoms with E-state index in [1.165, 1.54) is 31.3 Å². The van der Waals surface area contributed by atoms with E-state index in [0.29, 0.717) is 16.7 Å². The van der Waals surface area contributed by atoms with Gasteiger partial charge >= 0.3 is 5.97 Å². The van der Waals surface area contributed by atoms with Gasteiger partial charge in [-0.3, -0.25) is 4.79 Å². The average Bonchev–Trinajstić information content (AvgIpc) is 2.44. The Morgan fingerprint density at radius 1 is 1.09 bits per heavy atom. The van der Waals surface area contributed by atoms with Gasteiger partial charge in [-0.25, -0.2) is 0 Å². The van der Waals surface area contributed by atoms with E-state index < -0.39 is 0 Å². The van der Waals surface area contributed by atoms with Crippen LogP contribution in [0, 0.1) is 34.0 Å². The van der Waals surface area contributed by atoms with Gasteiger partial charge in [-0.2, -0.15) is 0 Å². The summed E-state index contributed by atoms with van der Waals surface area (Å²) < 4.78 is 5.20.